The minimum absolute atomic E-state index is 0.292. The Labute approximate surface area is 134 Å². The lowest BCUT2D eigenvalue weighted by Gasteiger charge is -2.06. The van der Waals surface area contributed by atoms with Crippen LogP contribution in [0.1, 0.15) is 57.9 Å². The summed E-state index contributed by atoms with van der Waals surface area (Å²) in [5, 5.41) is 0. The fourth-order valence-corrected chi connectivity index (χ4v) is 2.17. The van der Waals surface area contributed by atoms with Crippen LogP contribution in [0.3, 0.4) is 0 Å². The maximum atomic E-state index is 11.7. The molecule has 0 unspecified atom stereocenters. The summed E-state index contributed by atoms with van der Waals surface area (Å²) in [6, 6.07) is 7.65. The van der Waals surface area contributed by atoms with E-state index in [9.17, 15) is 4.79 Å². The van der Waals surface area contributed by atoms with Gasteiger partial charge in [-0.2, -0.15) is 0 Å². The minimum Gasteiger partial charge on any atom is -0.493 e. The van der Waals surface area contributed by atoms with Gasteiger partial charge in [0.05, 0.1) is 13.2 Å². The molecular weight excluding hydrogens is 276 g/mol. The van der Waals surface area contributed by atoms with Crippen LogP contribution in [0.4, 0.5) is 0 Å². The van der Waals surface area contributed by atoms with Gasteiger partial charge in [-0.3, -0.25) is 0 Å². The molecule has 0 aliphatic carbocycles. The Bertz CT molecular complexity index is 452. The zero-order valence-corrected chi connectivity index (χ0v) is 13.8. The van der Waals surface area contributed by atoms with Crippen molar-refractivity contribution in [2.24, 2.45) is 0 Å². The van der Waals surface area contributed by atoms with Crippen molar-refractivity contribution in [1.82, 2.24) is 0 Å². The third kappa shape index (κ3) is 7.87. The van der Waals surface area contributed by atoms with Crippen molar-refractivity contribution in [3.05, 3.63) is 35.9 Å². The van der Waals surface area contributed by atoms with Crippen LogP contribution in [-0.4, -0.2) is 19.2 Å². The van der Waals surface area contributed by atoms with Gasteiger partial charge in [-0.1, -0.05) is 57.2 Å². The zero-order valence-electron chi connectivity index (χ0n) is 13.8. The Hall–Kier alpha value is -1.77. The SMILES string of the molecule is CCCCCCCCOC(=O)/C=C/c1ccccc1OCC. The van der Waals surface area contributed by atoms with E-state index in [-0.39, 0.29) is 5.97 Å². The second-order valence-electron chi connectivity index (χ2n) is 5.24. The highest BCUT2D eigenvalue weighted by Crippen LogP contribution is 2.19. The minimum atomic E-state index is -0.292. The predicted octanol–water partition coefficient (Wildman–Crippen LogP) is 5.00. The third-order valence-corrected chi connectivity index (χ3v) is 3.36. The van der Waals surface area contributed by atoms with Crippen molar-refractivity contribution >= 4 is 12.0 Å². The molecule has 0 saturated carbocycles. The summed E-state index contributed by atoms with van der Waals surface area (Å²) in [7, 11) is 0. The van der Waals surface area contributed by atoms with Crippen molar-refractivity contribution in [2.45, 2.75) is 52.4 Å². The summed E-state index contributed by atoms with van der Waals surface area (Å²) in [5.74, 6) is 0.491. The van der Waals surface area contributed by atoms with Gasteiger partial charge in [0, 0.05) is 11.6 Å². The first kappa shape index (κ1) is 18.3. The van der Waals surface area contributed by atoms with Crippen LogP contribution in [0.2, 0.25) is 0 Å². The average molecular weight is 304 g/mol. The predicted molar refractivity (Wildman–Crippen MR) is 91.0 cm³/mol. The van der Waals surface area contributed by atoms with Crippen molar-refractivity contribution in [2.75, 3.05) is 13.2 Å². The van der Waals surface area contributed by atoms with E-state index in [0.717, 1.165) is 24.2 Å². The van der Waals surface area contributed by atoms with Gasteiger partial charge in [-0.15, -0.1) is 0 Å². The average Bonchev–Trinajstić information content (AvgIpc) is 2.53. The highest BCUT2D eigenvalue weighted by Gasteiger charge is 2.01. The lowest BCUT2D eigenvalue weighted by atomic mass is 10.1. The molecule has 0 heterocycles. The molecule has 0 radical (unpaired) electrons. The number of hydrogen-bond donors (Lipinski definition) is 0. The molecule has 0 saturated heterocycles. The normalized spacial score (nSPS) is 10.8. The molecule has 1 aromatic carbocycles. The number of esters is 1. The molecule has 0 aliphatic heterocycles. The van der Waals surface area contributed by atoms with Crippen LogP contribution in [0.15, 0.2) is 30.3 Å². The van der Waals surface area contributed by atoms with Crippen LogP contribution in [-0.2, 0) is 9.53 Å². The highest BCUT2D eigenvalue weighted by molar-refractivity contribution is 5.87. The molecule has 1 rings (SSSR count). The van der Waals surface area contributed by atoms with Crippen molar-refractivity contribution < 1.29 is 14.3 Å². The number of benzene rings is 1. The molecule has 3 heteroatoms. The number of unbranched alkanes of at least 4 members (excludes halogenated alkanes) is 5. The number of para-hydroxylation sites is 1. The Morgan fingerprint density at radius 1 is 1.05 bits per heavy atom. The molecule has 0 spiro atoms. The topological polar surface area (TPSA) is 35.5 Å². The maximum absolute atomic E-state index is 11.7. The van der Waals surface area contributed by atoms with Crippen molar-refractivity contribution in [1.29, 1.82) is 0 Å². The van der Waals surface area contributed by atoms with E-state index in [1.165, 1.54) is 31.8 Å². The van der Waals surface area contributed by atoms with E-state index in [0.29, 0.717) is 13.2 Å². The molecule has 0 amide bonds. The van der Waals surface area contributed by atoms with E-state index >= 15 is 0 Å². The highest BCUT2D eigenvalue weighted by atomic mass is 16.5. The number of rotatable bonds is 11. The van der Waals surface area contributed by atoms with Crippen LogP contribution >= 0.6 is 0 Å². The van der Waals surface area contributed by atoms with Crippen LogP contribution < -0.4 is 4.74 Å². The Kier molecular flexibility index (Phi) is 9.84. The molecule has 3 nitrogen and oxygen atoms in total. The first-order valence-corrected chi connectivity index (χ1v) is 8.34. The molecule has 0 aromatic heterocycles. The standard InChI is InChI=1S/C19H28O3/c1-3-5-6-7-8-11-16-22-19(20)15-14-17-12-9-10-13-18(17)21-4-2/h9-10,12-15H,3-8,11,16H2,1-2H3/b15-14+. The third-order valence-electron chi connectivity index (χ3n) is 3.36. The Balaban J connectivity index is 2.27. The fraction of sp³-hybridized carbons (Fsp3) is 0.526. The molecule has 1 aromatic rings. The zero-order chi connectivity index (χ0) is 16.0. The van der Waals surface area contributed by atoms with Gasteiger partial charge < -0.3 is 9.47 Å². The van der Waals surface area contributed by atoms with E-state index in [1.54, 1.807) is 6.08 Å². The summed E-state index contributed by atoms with van der Waals surface area (Å²) >= 11 is 0. The van der Waals surface area contributed by atoms with E-state index in [2.05, 4.69) is 6.92 Å². The fourth-order valence-electron chi connectivity index (χ4n) is 2.17. The maximum Gasteiger partial charge on any atom is 0.330 e. The molecule has 0 bridgehead atoms. The summed E-state index contributed by atoms with van der Waals surface area (Å²) in [6.45, 7) is 5.25. The lowest BCUT2D eigenvalue weighted by Crippen LogP contribution is -2.02. The first-order valence-electron chi connectivity index (χ1n) is 8.34. The molecule has 0 N–H and O–H groups in total. The molecule has 0 aliphatic rings. The van der Waals surface area contributed by atoms with Crippen LogP contribution in [0, 0.1) is 0 Å². The number of hydrogen-bond acceptors (Lipinski definition) is 3. The quantitative estimate of drug-likeness (QED) is 0.328. The summed E-state index contributed by atoms with van der Waals surface area (Å²) < 4.78 is 10.7. The second-order valence-corrected chi connectivity index (χ2v) is 5.24. The largest absolute Gasteiger partial charge is 0.493 e. The number of carbonyl (C=O) groups is 1. The molecule has 0 atom stereocenters. The Morgan fingerprint density at radius 3 is 2.55 bits per heavy atom. The summed E-state index contributed by atoms with van der Waals surface area (Å²) in [5.41, 5.74) is 0.890. The van der Waals surface area contributed by atoms with E-state index < -0.39 is 0 Å². The molecule has 22 heavy (non-hydrogen) atoms. The van der Waals surface area contributed by atoms with Crippen LogP contribution in [0.25, 0.3) is 6.08 Å². The number of ether oxygens (including phenoxy) is 2. The Morgan fingerprint density at radius 2 is 1.77 bits per heavy atom. The summed E-state index contributed by atoms with van der Waals surface area (Å²) in [4.78, 5) is 11.7. The van der Waals surface area contributed by atoms with Gasteiger partial charge in [0.1, 0.15) is 5.75 Å². The first-order chi connectivity index (χ1) is 10.8. The van der Waals surface area contributed by atoms with Gasteiger partial charge >= 0.3 is 5.97 Å². The lowest BCUT2D eigenvalue weighted by molar-refractivity contribution is -0.137. The van der Waals surface area contributed by atoms with E-state index in [1.807, 2.05) is 31.2 Å². The van der Waals surface area contributed by atoms with Crippen molar-refractivity contribution in [3.8, 4) is 5.75 Å². The molecule has 122 valence electrons. The van der Waals surface area contributed by atoms with Gasteiger partial charge in [0.15, 0.2) is 0 Å². The second kappa shape index (κ2) is 11.8. The van der Waals surface area contributed by atoms with E-state index in [4.69, 9.17) is 9.47 Å². The summed E-state index contributed by atoms with van der Waals surface area (Å²) in [6.07, 6.45) is 10.3. The van der Waals surface area contributed by atoms with Gasteiger partial charge in [-0.25, -0.2) is 4.79 Å². The van der Waals surface area contributed by atoms with Crippen LogP contribution in [0.5, 0.6) is 5.75 Å². The molecule has 0 fully saturated rings. The monoisotopic (exact) mass is 304 g/mol. The van der Waals surface area contributed by atoms with Gasteiger partial charge in [-0.05, 0) is 25.5 Å². The van der Waals surface area contributed by atoms with Crippen molar-refractivity contribution in [3.63, 3.8) is 0 Å². The molecular formula is C19H28O3. The number of carbonyl (C=O) groups excluding carboxylic acids is 1. The smallest absolute Gasteiger partial charge is 0.330 e. The van der Waals surface area contributed by atoms with Gasteiger partial charge in [0.2, 0.25) is 0 Å². The van der Waals surface area contributed by atoms with Gasteiger partial charge in [0.25, 0.3) is 0 Å².